The Balaban J connectivity index is 1.48. The van der Waals surface area contributed by atoms with E-state index >= 15 is 0 Å². The molecule has 0 radical (unpaired) electrons. The van der Waals surface area contributed by atoms with E-state index in [1.807, 2.05) is 0 Å². The number of alkyl halides is 3. The van der Waals surface area contributed by atoms with Gasteiger partial charge in [0.25, 0.3) is 5.91 Å². The van der Waals surface area contributed by atoms with Crippen molar-refractivity contribution in [1.82, 2.24) is 15.1 Å². The van der Waals surface area contributed by atoms with Crippen LogP contribution in [0, 0.1) is 0 Å². The van der Waals surface area contributed by atoms with Crippen molar-refractivity contribution in [3.05, 3.63) is 52.3 Å². The van der Waals surface area contributed by atoms with Gasteiger partial charge in [-0.25, -0.2) is 8.42 Å². The molecule has 4 rings (SSSR count). The van der Waals surface area contributed by atoms with Gasteiger partial charge in [-0.2, -0.15) is 18.3 Å². The quantitative estimate of drug-likeness (QED) is 0.821. The summed E-state index contributed by atoms with van der Waals surface area (Å²) in [5, 5.41) is 6.59. The van der Waals surface area contributed by atoms with Crippen LogP contribution >= 0.6 is 0 Å². The van der Waals surface area contributed by atoms with Crippen LogP contribution in [-0.2, 0) is 27.5 Å². The highest BCUT2D eigenvalue weighted by atomic mass is 32.2. The molecule has 2 aliphatic heterocycles. The number of piperidine rings is 1. The van der Waals surface area contributed by atoms with Gasteiger partial charge in [-0.15, -0.1) is 0 Å². The summed E-state index contributed by atoms with van der Waals surface area (Å²) in [5.41, 5.74) is 0.584. The first kappa shape index (κ1) is 19.0. The third kappa shape index (κ3) is 3.41. The number of carbonyl (C=O) groups excluding carboxylic acids is 1. The molecule has 28 heavy (non-hydrogen) atoms. The molecule has 0 atom stereocenters. The van der Waals surface area contributed by atoms with Crippen LogP contribution in [0.1, 0.15) is 51.6 Å². The molecule has 6 nitrogen and oxygen atoms in total. The zero-order valence-electron chi connectivity index (χ0n) is 14.8. The number of H-pyrrole nitrogens is 1. The number of sulfone groups is 1. The first-order valence-corrected chi connectivity index (χ1v) is 10.7. The van der Waals surface area contributed by atoms with Crippen molar-refractivity contribution in [3.63, 3.8) is 0 Å². The molecule has 0 unspecified atom stereocenters. The highest BCUT2D eigenvalue weighted by Gasteiger charge is 2.37. The van der Waals surface area contributed by atoms with Crippen molar-refractivity contribution in [1.29, 1.82) is 0 Å². The molecule has 0 spiro atoms. The summed E-state index contributed by atoms with van der Waals surface area (Å²) < 4.78 is 63.3. The van der Waals surface area contributed by atoms with Crippen molar-refractivity contribution in [2.24, 2.45) is 0 Å². The van der Waals surface area contributed by atoms with E-state index in [0.717, 1.165) is 6.07 Å². The van der Waals surface area contributed by atoms with E-state index in [1.165, 1.54) is 17.0 Å². The Morgan fingerprint density at radius 3 is 2.50 bits per heavy atom. The van der Waals surface area contributed by atoms with E-state index in [9.17, 15) is 26.4 Å². The fourth-order valence-electron chi connectivity index (χ4n) is 4.00. The summed E-state index contributed by atoms with van der Waals surface area (Å²) >= 11 is 0. The van der Waals surface area contributed by atoms with Gasteiger partial charge in [0.15, 0.2) is 15.5 Å². The molecule has 1 aromatic carbocycles. The van der Waals surface area contributed by atoms with E-state index in [-0.39, 0.29) is 34.6 Å². The fourth-order valence-corrected chi connectivity index (χ4v) is 5.53. The molecular formula is C18H18F3N3O3S. The van der Waals surface area contributed by atoms with Crippen LogP contribution in [0.4, 0.5) is 13.2 Å². The topological polar surface area (TPSA) is 83.1 Å². The monoisotopic (exact) mass is 413 g/mol. The fraction of sp³-hybridized carbons (Fsp3) is 0.444. The van der Waals surface area contributed by atoms with Gasteiger partial charge in [0, 0.05) is 18.7 Å². The molecule has 1 fully saturated rings. The number of aromatic amines is 1. The second kappa shape index (κ2) is 6.61. The minimum Gasteiger partial charge on any atom is -0.337 e. The van der Waals surface area contributed by atoms with Crippen molar-refractivity contribution < 1.29 is 26.4 Å². The van der Waals surface area contributed by atoms with Crippen LogP contribution in [0.2, 0.25) is 0 Å². The number of aromatic nitrogens is 2. The number of amides is 1. The molecule has 0 bridgehead atoms. The number of hydrogen-bond acceptors (Lipinski definition) is 4. The average molecular weight is 413 g/mol. The molecule has 1 N–H and O–H groups in total. The summed E-state index contributed by atoms with van der Waals surface area (Å²) in [6.07, 6.45) is -3.60. The molecular weight excluding hydrogens is 395 g/mol. The van der Waals surface area contributed by atoms with Crippen molar-refractivity contribution >= 4 is 15.7 Å². The highest BCUT2D eigenvalue weighted by molar-refractivity contribution is 7.90. The summed E-state index contributed by atoms with van der Waals surface area (Å²) in [6, 6.07) is 5.55. The normalized spacial score (nSPS) is 19.6. The number of halogens is 3. The van der Waals surface area contributed by atoms with Gasteiger partial charge in [-0.05, 0) is 30.4 Å². The number of likely N-dealkylation sites (tertiary alicyclic amines) is 1. The molecule has 1 saturated heterocycles. The molecule has 0 saturated carbocycles. The van der Waals surface area contributed by atoms with E-state index in [4.69, 9.17) is 0 Å². The molecule has 1 aromatic heterocycles. The lowest BCUT2D eigenvalue weighted by molar-refractivity contribution is -0.138. The van der Waals surface area contributed by atoms with Crippen LogP contribution in [0.25, 0.3) is 0 Å². The Kier molecular flexibility index (Phi) is 4.48. The van der Waals surface area contributed by atoms with Crippen LogP contribution < -0.4 is 0 Å². The zero-order valence-corrected chi connectivity index (χ0v) is 15.6. The maximum absolute atomic E-state index is 13.3. The number of rotatable bonds is 2. The molecule has 2 aliphatic rings. The number of nitrogens with zero attached hydrogens (tertiary/aromatic N) is 2. The molecule has 10 heteroatoms. The van der Waals surface area contributed by atoms with Gasteiger partial charge in [-0.1, -0.05) is 18.2 Å². The number of nitrogens with one attached hydrogen (secondary N) is 1. The molecule has 150 valence electrons. The third-order valence-corrected chi connectivity index (χ3v) is 6.83. The summed E-state index contributed by atoms with van der Waals surface area (Å²) in [5.74, 6) is -1.03. The van der Waals surface area contributed by atoms with E-state index in [0.29, 0.717) is 37.2 Å². The minimum absolute atomic E-state index is 0.102. The van der Waals surface area contributed by atoms with E-state index in [1.54, 1.807) is 6.07 Å². The maximum Gasteiger partial charge on any atom is 0.416 e. The lowest BCUT2D eigenvalue weighted by Crippen LogP contribution is -2.38. The molecule has 0 aliphatic carbocycles. The summed E-state index contributed by atoms with van der Waals surface area (Å²) in [4.78, 5) is 14.3. The van der Waals surface area contributed by atoms with Gasteiger partial charge < -0.3 is 4.90 Å². The van der Waals surface area contributed by atoms with E-state index in [2.05, 4.69) is 10.2 Å². The van der Waals surface area contributed by atoms with Gasteiger partial charge in [0.1, 0.15) is 0 Å². The molecule has 3 heterocycles. The number of fused-ring (bicyclic) bond motifs is 1. The average Bonchev–Trinajstić information content (AvgIpc) is 3.15. The van der Waals surface area contributed by atoms with Crippen molar-refractivity contribution in [2.45, 2.75) is 36.4 Å². The summed E-state index contributed by atoms with van der Waals surface area (Å²) in [7, 11) is -3.26. The third-order valence-electron chi connectivity index (χ3n) is 5.37. The highest BCUT2D eigenvalue weighted by Crippen LogP contribution is 2.39. The van der Waals surface area contributed by atoms with Crippen LogP contribution in [0.15, 0.2) is 24.3 Å². The van der Waals surface area contributed by atoms with Crippen LogP contribution in [0.5, 0.6) is 0 Å². The zero-order chi connectivity index (χ0) is 20.1. The van der Waals surface area contributed by atoms with Crippen LogP contribution in [-0.4, -0.2) is 42.5 Å². The predicted molar refractivity (Wildman–Crippen MR) is 94.2 cm³/mol. The lowest BCUT2D eigenvalue weighted by atomic mass is 9.86. The smallest absolute Gasteiger partial charge is 0.337 e. The van der Waals surface area contributed by atoms with Crippen molar-refractivity contribution in [3.8, 4) is 0 Å². The van der Waals surface area contributed by atoms with Crippen molar-refractivity contribution in [2.75, 3.05) is 13.1 Å². The second-order valence-electron chi connectivity index (χ2n) is 7.21. The second-order valence-corrected chi connectivity index (χ2v) is 9.28. The lowest BCUT2D eigenvalue weighted by Gasteiger charge is -2.33. The molecule has 2 aromatic rings. The minimum atomic E-state index is -4.41. The predicted octanol–water partition coefficient (Wildman–Crippen LogP) is 2.88. The first-order valence-electron chi connectivity index (χ1n) is 8.87. The Morgan fingerprint density at radius 1 is 1.14 bits per heavy atom. The Labute approximate surface area is 159 Å². The van der Waals surface area contributed by atoms with E-state index < -0.39 is 21.6 Å². The molecule has 1 amide bonds. The SMILES string of the molecule is O=C(c1n[nH]c2c1CS(=O)(=O)C2)N1CCC(c2ccccc2C(F)(F)F)CC1. The number of carbonyl (C=O) groups is 1. The Hall–Kier alpha value is -2.36. The summed E-state index contributed by atoms with van der Waals surface area (Å²) in [6.45, 7) is 0.591. The Bertz CT molecular complexity index is 1020. The first-order chi connectivity index (χ1) is 13.2. The Morgan fingerprint density at radius 2 is 1.82 bits per heavy atom. The number of benzene rings is 1. The number of hydrogen-bond donors (Lipinski definition) is 1. The van der Waals surface area contributed by atoms with Gasteiger partial charge >= 0.3 is 6.18 Å². The maximum atomic E-state index is 13.3. The van der Waals surface area contributed by atoms with Gasteiger partial charge in [-0.3, -0.25) is 9.89 Å². The standard InChI is InChI=1S/C18H18F3N3O3S/c19-18(20,21)14-4-2-1-3-12(14)11-5-7-24(8-6-11)17(25)16-13-9-28(26,27)10-15(13)22-23-16/h1-4,11H,5-10H2,(H,22,23). The van der Waals surface area contributed by atoms with Gasteiger partial charge in [0.2, 0.25) is 0 Å². The van der Waals surface area contributed by atoms with Gasteiger partial charge in [0.05, 0.1) is 22.8 Å². The largest absolute Gasteiger partial charge is 0.416 e. The van der Waals surface area contributed by atoms with Crippen LogP contribution in [0.3, 0.4) is 0 Å².